The maximum absolute atomic E-state index is 12.7. The number of benzene rings is 1. The SMILES string of the molecule is Cc1sc(NC(=O)c2ccc(NC3CCN(C(=O)OC(C)(C)C)C3)nc2)nc1-c1ccccc1. The molecule has 34 heavy (non-hydrogen) atoms. The normalized spacial score (nSPS) is 15.8. The maximum Gasteiger partial charge on any atom is 0.410 e. The predicted molar refractivity (Wildman–Crippen MR) is 134 cm³/mol. The number of thiazole rings is 1. The topological polar surface area (TPSA) is 96.5 Å². The number of carbonyl (C=O) groups is 2. The Morgan fingerprint density at radius 2 is 1.91 bits per heavy atom. The molecule has 1 atom stereocenters. The van der Waals surface area contributed by atoms with E-state index >= 15 is 0 Å². The van der Waals surface area contributed by atoms with Gasteiger partial charge < -0.3 is 15.0 Å². The zero-order chi connectivity index (χ0) is 24.3. The molecule has 1 saturated heterocycles. The van der Waals surface area contributed by atoms with Crippen molar-refractivity contribution in [2.24, 2.45) is 0 Å². The van der Waals surface area contributed by atoms with E-state index in [-0.39, 0.29) is 18.0 Å². The molecule has 3 heterocycles. The van der Waals surface area contributed by atoms with Crippen molar-refractivity contribution >= 4 is 34.3 Å². The standard InChI is InChI=1S/C25H29N5O3S/c1-16-21(17-8-6-5-7-9-17)28-23(34-16)29-22(31)18-10-11-20(26-14-18)27-19-12-13-30(15-19)24(32)33-25(2,3)4/h5-11,14,19H,12-13,15H2,1-4H3,(H,26,27)(H,28,29,31). The van der Waals surface area contributed by atoms with Gasteiger partial charge in [0.1, 0.15) is 11.4 Å². The first-order valence-corrected chi connectivity index (χ1v) is 12.0. The van der Waals surface area contributed by atoms with Gasteiger partial charge in [-0.25, -0.2) is 14.8 Å². The second-order valence-corrected chi connectivity index (χ2v) is 10.4. The predicted octanol–water partition coefficient (Wildman–Crippen LogP) is 5.19. The van der Waals surface area contributed by atoms with Crippen LogP contribution in [0.15, 0.2) is 48.7 Å². The van der Waals surface area contributed by atoms with Crippen LogP contribution in [-0.4, -0.2) is 51.6 Å². The second kappa shape index (κ2) is 9.80. The van der Waals surface area contributed by atoms with Gasteiger partial charge in [-0.3, -0.25) is 10.1 Å². The van der Waals surface area contributed by atoms with E-state index in [1.165, 1.54) is 17.5 Å². The number of rotatable bonds is 5. The number of amides is 2. The molecule has 2 amide bonds. The molecular formula is C25H29N5O3S. The Bertz CT molecular complexity index is 1160. The van der Waals surface area contributed by atoms with E-state index in [4.69, 9.17) is 4.74 Å². The van der Waals surface area contributed by atoms with Crippen LogP contribution in [0.4, 0.5) is 15.7 Å². The number of carbonyl (C=O) groups excluding carboxylic acids is 2. The average Bonchev–Trinajstić information content (AvgIpc) is 3.40. The van der Waals surface area contributed by atoms with Gasteiger partial charge in [0, 0.05) is 35.8 Å². The number of hydrogen-bond donors (Lipinski definition) is 2. The van der Waals surface area contributed by atoms with Gasteiger partial charge in [-0.15, -0.1) is 11.3 Å². The van der Waals surface area contributed by atoms with Crippen LogP contribution in [0.25, 0.3) is 11.3 Å². The quantitative estimate of drug-likeness (QED) is 0.523. The summed E-state index contributed by atoms with van der Waals surface area (Å²) < 4.78 is 5.44. The summed E-state index contributed by atoms with van der Waals surface area (Å²) in [7, 11) is 0. The molecule has 1 aliphatic heterocycles. The van der Waals surface area contributed by atoms with Gasteiger partial charge in [0.05, 0.1) is 11.3 Å². The van der Waals surface area contributed by atoms with Gasteiger partial charge in [0.2, 0.25) is 0 Å². The summed E-state index contributed by atoms with van der Waals surface area (Å²) in [4.78, 5) is 36.6. The van der Waals surface area contributed by atoms with Crippen molar-refractivity contribution in [1.82, 2.24) is 14.9 Å². The van der Waals surface area contributed by atoms with E-state index in [1.807, 2.05) is 58.0 Å². The van der Waals surface area contributed by atoms with E-state index in [1.54, 1.807) is 17.0 Å². The fraction of sp³-hybridized carbons (Fsp3) is 0.360. The Morgan fingerprint density at radius 3 is 2.59 bits per heavy atom. The van der Waals surface area contributed by atoms with Crippen LogP contribution in [0.3, 0.4) is 0 Å². The van der Waals surface area contributed by atoms with Crippen molar-refractivity contribution in [3.63, 3.8) is 0 Å². The molecule has 0 bridgehead atoms. The number of pyridine rings is 1. The molecule has 1 aromatic carbocycles. The van der Waals surface area contributed by atoms with Crippen molar-refractivity contribution in [2.45, 2.75) is 45.8 Å². The van der Waals surface area contributed by atoms with Crippen LogP contribution in [0.2, 0.25) is 0 Å². The van der Waals surface area contributed by atoms with Crippen molar-refractivity contribution in [3.05, 3.63) is 59.1 Å². The Balaban J connectivity index is 1.33. The number of aromatic nitrogens is 2. The number of likely N-dealkylation sites (tertiary alicyclic amines) is 1. The lowest BCUT2D eigenvalue weighted by Crippen LogP contribution is -2.36. The number of anilines is 2. The molecule has 4 rings (SSSR count). The molecule has 0 saturated carbocycles. The van der Waals surface area contributed by atoms with Crippen LogP contribution in [0.5, 0.6) is 0 Å². The monoisotopic (exact) mass is 479 g/mol. The highest BCUT2D eigenvalue weighted by atomic mass is 32.1. The number of ether oxygens (including phenoxy) is 1. The first-order chi connectivity index (χ1) is 16.2. The number of hydrogen-bond acceptors (Lipinski definition) is 7. The highest BCUT2D eigenvalue weighted by Crippen LogP contribution is 2.30. The molecule has 1 aliphatic rings. The summed E-state index contributed by atoms with van der Waals surface area (Å²) >= 11 is 1.44. The largest absolute Gasteiger partial charge is 0.444 e. The highest BCUT2D eigenvalue weighted by Gasteiger charge is 2.29. The Hall–Kier alpha value is -3.46. The third-order valence-electron chi connectivity index (χ3n) is 5.28. The first-order valence-electron chi connectivity index (χ1n) is 11.2. The summed E-state index contributed by atoms with van der Waals surface area (Å²) in [6.45, 7) is 8.74. The van der Waals surface area contributed by atoms with E-state index in [9.17, 15) is 9.59 Å². The lowest BCUT2D eigenvalue weighted by atomic mass is 10.1. The minimum absolute atomic E-state index is 0.0781. The maximum atomic E-state index is 12.7. The number of aryl methyl sites for hydroxylation is 1. The molecule has 178 valence electrons. The van der Waals surface area contributed by atoms with Crippen LogP contribution in [-0.2, 0) is 4.74 Å². The summed E-state index contributed by atoms with van der Waals surface area (Å²) in [6.07, 6.45) is 2.04. The molecule has 9 heteroatoms. The van der Waals surface area contributed by atoms with E-state index in [2.05, 4.69) is 20.6 Å². The molecular weight excluding hydrogens is 450 g/mol. The van der Waals surface area contributed by atoms with Crippen molar-refractivity contribution in [3.8, 4) is 11.3 Å². The molecule has 1 unspecified atom stereocenters. The van der Waals surface area contributed by atoms with Crippen LogP contribution in [0.1, 0.15) is 42.4 Å². The number of nitrogens with zero attached hydrogens (tertiary/aromatic N) is 3. The lowest BCUT2D eigenvalue weighted by Gasteiger charge is -2.24. The van der Waals surface area contributed by atoms with Crippen molar-refractivity contribution in [1.29, 1.82) is 0 Å². The Kier molecular flexibility index (Phi) is 6.83. The van der Waals surface area contributed by atoms with Gasteiger partial charge >= 0.3 is 6.09 Å². The summed E-state index contributed by atoms with van der Waals surface area (Å²) in [5.41, 5.74) is 1.82. The average molecular weight is 480 g/mol. The van der Waals surface area contributed by atoms with E-state index < -0.39 is 5.60 Å². The molecule has 3 aromatic rings. The van der Waals surface area contributed by atoms with E-state index in [0.29, 0.717) is 29.6 Å². The minimum atomic E-state index is -0.513. The zero-order valence-corrected chi connectivity index (χ0v) is 20.6. The molecule has 2 N–H and O–H groups in total. The number of nitrogens with one attached hydrogen (secondary N) is 2. The van der Waals surface area contributed by atoms with Crippen LogP contribution < -0.4 is 10.6 Å². The summed E-state index contributed by atoms with van der Waals surface area (Å²) in [5, 5.41) is 6.75. The van der Waals surface area contributed by atoms with Gasteiger partial charge in [-0.05, 0) is 46.2 Å². The lowest BCUT2D eigenvalue weighted by molar-refractivity contribution is 0.0293. The fourth-order valence-corrected chi connectivity index (χ4v) is 4.51. The van der Waals surface area contributed by atoms with E-state index in [0.717, 1.165) is 22.6 Å². The highest BCUT2D eigenvalue weighted by molar-refractivity contribution is 7.16. The fourth-order valence-electron chi connectivity index (χ4n) is 3.68. The van der Waals surface area contributed by atoms with Crippen molar-refractivity contribution in [2.75, 3.05) is 23.7 Å². The van der Waals surface area contributed by atoms with Crippen molar-refractivity contribution < 1.29 is 14.3 Å². The molecule has 0 radical (unpaired) electrons. The summed E-state index contributed by atoms with van der Waals surface area (Å²) in [6, 6.07) is 13.5. The summed E-state index contributed by atoms with van der Waals surface area (Å²) in [5.74, 6) is 0.397. The molecule has 8 nitrogen and oxygen atoms in total. The zero-order valence-electron chi connectivity index (χ0n) is 19.8. The van der Waals surface area contributed by atoms with Gasteiger partial charge in [-0.2, -0.15) is 0 Å². The van der Waals surface area contributed by atoms with Gasteiger partial charge in [0.15, 0.2) is 5.13 Å². The van der Waals surface area contributed by atoms with Gasteiger partial charge in [-0.1, -0.05) is 30.3 Å². The first kappa shape index (κ1) is 23.7. The molecule has 1 fully saturated rings. The van der Waals surface area contributed by atoms with Crippen LogP contribution in [0, 0.1) is 6.92 Å². The Labute approximate surface area is 203 Å². The minimum Gasteiger partial charge on any atom is -0.444 e. The molecule has 0 aliphatic carbocycles. The van der Waals surface area contributed by atoms with Crippen LogP contribution >= 0.6 is 11.3 Å². The third-order valence-corrected chi connectivity index (χ3v) is 6.17. The molecule has 2 aromatic heterocycles. The van der Waals surface area contributed by atoms with Gasteiger partial charge in [0.25, 0.3) is 5.91 Å². The third kappa shape index (κ3) is 5.91. The smallest absolute Gasteiger partial charge is 0.410 e. The molecule has 0 spiro atoms. The second-order valence-electron chi connectivity index (χ2n) is 9.23. The Morgan fingerprint density at radius 1 is 1.15 bits per heavy atom.